The van der Waals surface area contributed by atoms with Crippen LogP contribution < -0.4 is 0 Å². The molecule has 0 saturated heterocycles. The number of carbonyl (C=O) groups excluding carboxylic acids is 1. The van der Waals surface area contributed by atoms with E-state index in [1.54, 1.807) is 26.0 Å². The molecule has 0 aliphatic rings. The average molecular weight is 204 g/mol. The first-order chi connectivity index (χ1) is 7.01. The number of carbonyl (C=O) groups is 1. The van der Waals surface area contributed by atoms with E-state index in [0.29, 0.717) is 11.3 Å². The maximum Gasteiger partial charge on any atom is 0.339 e. The fraction of sp³-hybridized carbons (Fsp3) is 0.364. The van der Waals surface area contributed by atoms with Crippen LogP contribution in [0.4, 0.5) is 0 Å². The number of hydrogen-bond acceptors (Lipinski definition) is 4. The maximum atomic E-state index is 11.1. The van der Waals surface area contributed by atoms with Crippen LogP contribution in [-0.2, 0) is 10.2 Å². The minimum Gasteiger partial charge on any atom is -0.465 e. The molecule has 0 aromatic carbocycles. The third-order valence-electron chi connectivity index (χ3n) is 2.10. The molecule has 78 valence electrons. The lowest BCUT2D eigenvalue weighted by Crippen LogP contribution is -2.16. The summed E-state index contributed by atoms with van der Waals surface area (Å²) in [6.45, 7) is 3.54. The Morgan fingerprint density at radius 3 is 2.60 bits per heavy atom. The highest BCUT2D eigenvalue weighted by molar-refractivity contribution is 5.88. The Labute approximate surface area is 88.5 Å². The number of pyridine rings is 1. The molecule has 0 fully saturated rings. The smallest absolute Gasteiger partial charge is 0.339 e. The van der Waals surface area contributed by atoms with Gasteiger partial charge in [-0.15, -0.1) is 0 Å². The molecule has 1 heterocycles. The predicted octanol–water partition coefficient (Wildman–Crippen LogP) is 1.67. The Morgan fingerprint density at radius 1 is 1.53 bits per heavy atom. The average Bonchev–Trinajstić information content (AvgIpc) is 2.28. The number of nitriles is 1. The zero-order valence-electron chi connectivity index (χ0n) is 8.94. The van der Waals surface area contributed by atoms with E-state index < -0.39 is 11.4 Å². The zero-order valence-corrected chi connectivity index (χ0v) is 8.94. The molecule has 0 bridgehead atoms. The number of rotatable bonds is 2. The number of esters is 1. The van der Waals surface area contributed by atoms with Gasteiger partial charge in [-0.25, -0.2) is 4.79 Å². The first-order valence-electron chi connectivity index (χ1n) is 4.47. The number of methoxy groups -OCH3 is 1. The van der Waals surface area contributed by atoms with Crippen LogP contribution in [-0.4, -0.2) is 18.1 Å². The van der Waals surface area contributed by atoms with Crippen molar-refractivity contribution in [2.24, 2.45) is 0 Å². The fourth-order valence-electron chi connectivity index (χ4n) is 1.06. The van der Waals surface area contributed by atoms with Crippen molar-refractivity contribution in [3.8, 4) is 6.07 Å². The van der Waals surface area contributed by atoms with Gasteiger partial charge < -0.3 is 4.74 Å². The molecule has 0 radical (unpaired) electrons. The zero-order chi connectivity index (χ0) is 11.5. The van der Waals surface area contributed by atoms with E-state index >= 15 is 0 Å². The summed E-state index contributed by atoms with van der Waals surface area (Å²) in [5.74, 6) is -0.427. The van der Waals surface area contributed by atoms with E-state index in [-0.39, 0.29) is 0 Å². The highest BCUT2D eigenvalue weighted by Crippen LogP contribution is 2.19. The van der Waals surface area contributed by atoms with Crippen LogP contribution in [0.5, 0.6) is 0 Å². The molecule has 0 amide bonds. The van der Waals surface area contributed by atoms with Crippen LogP contribution in [0.2, 0.25) is 0 Å². The molecule has 0 aliphatic heterocycles. The highest BCUT2D eigenvalue weighted by Gasteiger charge is 2.21. The van der Waals surface area contributed by atoms with Crippen molar-refractivity contribution in [3.05, 3.63) is 29.6 Å². The van der Waals surface area contributed by atoms with E-state index in [1.807, 2.05) is 0 Å². The van der Waals surface area contributed by atoms with Crippen LogP contribution in [0.1, 0.15) is 29.9 Å². The Morgan fingerprint density at radius 2 is 2.20 bits per heavy atom. The summed E-state index contributed by atoms with van der Waals surface area (Å²) in [4.78, 5) is 15.2. The van der Waals surface area contributed by atoms with E-state index in [1.165, 1.54) is 13.3 Å². The molecule has 4 nitrogen and oxygen atoms in total. The van der Waals surface area contributed by atoms with Gasteiger partial charge in [0.2, 0.25) is 0 Å². The first kappa shape index (κ1) is 11.2. The second-order valence-electron chi connectivity index (χ2n) is 3.66. The molecule has 0 spiro atoms. The molecule has 0 aliphatic carbocycles. The van der Waals surface area contributed by atoms with Crippen LogP contribution in [0.15, 0.2) is 18.3 Å². The molecule has 1 aromatic heterocycles. The van der Waals surface area contributed by atoms with Gasteiger partial charge in [-0.3, -0.25) is 4.98 Å². The second-order valence-corrected chi connectivity index (χ2v) is 3.66. The number of hydrogen-bond donors (Lipinski definition) is 0. The summed E-state index contributed by atoms with van der Waals surface area (Å²) in [5.41, 5.74) is 0.377. The molecule has 0 unspecified atom stereocenters. The van der Waals surface area contributed by atoms with Crippen LogP contribution in [0.25, 0.3) is 0 Å². The summed E-state index contributed by atoms with van der Waals surface area (Å²) in [7, 11) is 1.31. The van der Waals surface area contributed by atoms with Crippen LogP contribution in [0.3, 0.4) is 0 Å². The Kier molecular flexibility index (Phi) is 3.05. The SMILES string of the molecule is COC(=O)c1ccc(C(C)(C)C#N)nc1. The Hall–Kier alpha value is -1.89. The summed E-state index contributed by atoms with van der Waals surface area (Å²) in [6, 6.07) is 5.41. The van der Waals surface area contributed by atoms with E-state index in [4.69, 9.17) is 5.26 Å². The number of ether oxygens (including phenoxy) is 1. The van der Waals surface area contributed by atoms with E-state index in [9.17, 15) is 4.79 Å². The number of aromatic nitrogens is 1. The molecule has 0 saturated carbocycles. The highest BCUT2D eigenvalue weighted by atomic mass is 16.5. The van der Waals surface area contributed by atoms with Gasteiger partial charge in [0, 0.05) is 6.20 Å². The van der Waals surface area contributed by atoms with Gasteiger partial charge in [-0.2, -0.15) is 5.26 Å². The van der Waals surface area contributed by atoms with Crippen molar-refractivity contribution < 1.29 is 9.53 Å². The number of nitrogens with zero attached hydrogens (tertiary/aromatic N) is 2. The molecule has 0 atom stereocenters. The van der Waals surface area contributed by atoms with Crippen molar-refractivity contribution in [2.75, 3.05) is 7.11 Å². The van der Waals surface area contributed by atoms with E-state index in [0.717, 1.165) is 0 Å². The third kappa shape index (κ3) is 2.32. The summed E-state index contributed by atoms with van der Waals surface area (Å²) < 4.78 is 4.54. The molecule has 15 heavy (non-hydrogen) atoms. The third-order valence-corrected chi connectivity index (χ3v) is 2.10. The standard InChI is InChI=1S/C11H12N2O2/c1-11(2,7-12)9-5-4-8(6-13-9)10(14)15-3/h4-6H,1-3H3. The minimum absolute atomic E-state index is 0.384. The molecule has 4 heteroatoms. The van der Waals surface area contributed by atoms with Gasteiger partial charge in [0.25, 0.3) is 0 Å². The van der Waals surface area contributed by atoms with Crippen molar-refractivity contribution in [1.82, 2.24) is 4.98 Å². The van der Waals surface area contributed by atoms with Gasteiger partial charge in [0.05, 0.1) is 29.9 Å². The molecule has 0 N–H and O–H groups in total. The van der Waals surface area contributed by atoms with Crippen molar-refractivity contribution in [1.29, 1.82) is 5.26 Å². The summed E-state index contributed by atoms with van der Waals surface area (Å²) in [6.07, 6.45) is 1.42. The van der Waals surface area contributed by atoms with Crippen molar-refractivity contribution >= 4 is 5.97 Å². The van der Waals surface area contributed by atoms with Gasteiger partial charge in [0.15, 0.2) is 0 Å². The van der Waals surface area contributed by atoms with Crippen molar-refractivity contribution in [3.63, 3.8) is 0 Å². The fourth-order valence-corrected chi connectivity index (χ4v) is 1.06. The van der Waals surface area contributed by atoms with Crippen molar-refractivity contribution in [2.45, 2.75) is 19.3 Å². The monoisotopic (exact) mass is 204 g/mol. The quantitative estimate of drug-likeness (QED) is 0.687. The molecular formula is C11H12N2O2. The normalized spacial score (nSPS) is 10.5. The Bertz CT molecular complexity index is 402. The second kappa shape index (κ2) is 4.09. The van der Waals surface area contributed by atoms with Gasteiger partial charge in [-0.1, -0.05) is 0 Å². The lowest BCUT2D eigenvalue weighted by Gasteiger charge is -2.13. The molecular weight excluding hydrogens is 192 g/mol. The maximum absolute atomic E-state index is 11.1. The largest absolute Gasteiger partial charge is 0.465 e. The minimum atomic E-state index is -0.644. The van der Waals surface area contributed by atoms with Gasteiger partial charge in [-0.05, 0) is 26.0 Å². The van der Waals surface area contributed by atoms with Crippen LogP contribution >= 0.6 is 0 Å². The summed E-state index contributed by atoms with van der Waals surface area (Å²) in [5, 5.41) is 8.89. The molecule has 1 aromatic rings. The lowest BCUT2D eigenvalue weighted by molar-refractivity contribution is 0.0600. The van der Waals surface area contributed by atoms with Gasteiger partial charge in [0.1, 0.15) is 0 Å². The van der Waals surface area contributed by atoms with Crippen LogP contribution in [0, 0.1) is 11.3 Å². The molecule has 1 rings (SSSR count). The Balaban J connectivity index is 3.01. The topological polar surface area (TPSA) is 63.0 Å². The first-order valence-corrected chi connectivity index (χ1v) is 4.47. The lowest BCUT2D eigenvalue weighted by atomic mass is 9.91. The van der Waals surface area contributed by atoms with E-state index in [2.05, 4.69) is 15.8 Å². The summed E-state index contributed by atoms with van der Waals surface area (Å²) >= 11 is 0. The van der Waals surface area contributed by atoms with Gasteiger partial charge >= 0.3 is 5.97 Å². The predicted molar refractivity (Wildman–Crippen MR) is 54.2 cm³/mol.